The first kappa shape index (κ1) is 14.5. The number of rotatable bonds is 5. The van der Waals surface area contributed by atoms with Crippen molar-refractivity contribution in [3.05, 3.63) is 70.0 Å². The van der Waals surface area contributed by atoms with Crippen molar-refractivity contribution in [1.82, 2.24) is 0 Å². The van der Waals surface area contributed by atoms with Crippen LogP contribution < -0.4 is 5.73 Å². The molecule has 3 nitrogen and oxygen atoms in total. The van der Waals surface area contributed by atoms with Gasteiger partial charge in [0.15, 0.2) is 0 Å². The molecule has 0 saturated carbocycles. The molecule has 20 heavy (non-hydrogen) atoms. The average Bonchev–Trinajstić information content (AvgIpc) is 2.40. The van der Waals surface area contributed by atoms with Crippen molar-refractivity contribution in [1.29, 1.82) is 5.41 Å². The maximum atomic E-state index is 13.7. The zero-order chi connectivity index (χ0) is 14.5. The monoisotopic (exact) mass is 292 g/mol. The average molecular weight is 293 g/mol. The summed E-state index contributed by atoms with van der Waals surface area (Å²) in [6.07, 6.45) is 0. The number of nitrogen functional groups attached to an aromatic ring is 1. The van der Waals surface area contributed by atoms with Crippen molar-refractivity contribution < 1.29 is 9.13 Å². The second kappa shape index (κ2) is 6.50. The molecule has 104 valence electrons. The van der Waals surface area contributed by atoms with Crippen molar-refractivity contribution in [2.75, 3.05) is 0 Å². The number of amidine groups is 1. The highest BCUT2D eigenvalue weighted by Crippen LogP contribution is 2.14. The minimum Gasteiger partial charge on any atom is -0.384 e. The Kier molecular flexibility index (Phi) is 4.71. The first-order chi connectivity index (χ1) is 9.56. The molecule has 0 saturated heterocycles. The van der Waals surface area contributed by atoms with E-state index in [4.69, 9.17) is 27.5 Å². The van der Waals surface area contributed by atoms with Crippen molar-refractivity contribution in [2.24, 2.45) is 5.73 Å². The van der Waals surface area contributed by atoms with E-state index in [9.17, 15) is 4.39 Å². The lowest BCUT2D eigenvalue weighted by Gasteiger charge is -2.07. The van der Waals surface area contributed by atoms with E-state index in [0.717, 1.165) is 5.56 Å². The molecule has 0 atom stereocenters. The summed E-state index contributed by atoms with van der Waals surface area (Å²) in [7, 11) is 0. The van der Waals surface area contributed by atoms with Crippen LogP contribution >= 0.6 is 11.6 Å². The summed E-state index contributed by atoms with van der Waals surface area (Å²) in [4.78, 5) is 0. The molecule has 0 bridgehead atoms. The summed E-state index contributed by atoms with van der Waals surface area (Å²) in [5.41, 5.74) is 7.01. The van der Waals surface area contributed by atoms with Gasteiger partial charge in [-0.3, -0.25) is 5.41 Å². The zero-order valence-electron chi connectivity index (χ0n) is 10.7. The van der Waals surface area contributed by atoms with Crippen LogP contribution in [0.1, 0.15) is 16.7 Å². The lowest BCUT2D eigenvalue weighted by molar-refractivity contribution is 0.105. The SMILES string of the molecule is N=C(N)c1ccc(COCc2cccc(Cl)c2)c(F)c1. The molecule has 0 spiro atoms. The summed E-state index contributed by atoms with van der Waals surface area (Å²) in [6, 6.07) is 11.7. The van der Waals surface area contributed by atoms with E-state index in [1.807, 2.05) is 12.1 Å². The lowest BCUT2D eigenvalue weighted by atomic mass is 10.1. The van der Waals surface area contributed by atoms with Gasteiger partial charge >= 0.3 is 0 Å². The second-order valence-corrected chi connectivity index (χ2v) is 4.78. The van der Waals surface area contributed by atoms with Gasteiger partial charge in [0.05, 0.1) is 13.2 Å². The summed E-state index contributed by atoms with van der Waals surface area (Å²) in [5, 5.41) is 7.88. The molecule has 0 unspecified atom stereocenters. The van der Waals surface area contributed by atoms with Crippen LogP contribution in [0.2, 0.25) is 5.02 Å². The summed E-state index contributed by atoms with van der Waals surface area (Å²) < 4.78 is 19.2. The fraction of sp³-hybridized carbons (Fsp3) is 0.133. The first-order valence-electron chi connectivity index (χ1n) is 6.01. The topological polar surface area (TPSA) is 59.1 Å². The van der Waals surface area contributed by atoms with Gasteiger partial charge in [0.2, 0.25) is 0 Å². The summed E-state index contributed by atoms with van der Waals surface area (Å²) in [6.45, 7) is 0.505. The van der Waals surface area contributed by atoms with Crippen molar-refractivity contribution >= 4 is 17.4 Å². The van der Waals surface area contributed by atoms with E-state index in [-0.39, 0.29) is 12.4 Å². The third kappa shape index (κ3) is 3.79. The summed E-state index contributed by atoms with van der Waals surface area (Å²) >= 11 is 5.87. The number of nitrogens with two attached hydrogens (primary N) is 1. The normalized spacial score (nSPS) is 10.5. The van der Waals surface area contributed by atoms with Crippen LogP contribution in [0.15, 0.2) is 42.5 Å². The molecule has 2 rings (SSSR count). The minimum absolute atomic E-state index is 0.149. The van der Waals surface area contributed by atoms with Gasteiger partial charge in [-0.2, -0.15) is 0 Å². The minimum atomic E-state index is -0.427. The van der Waals surface area contributed by atoms with Gasteiger partial charge in [-0.25, -0.2) is 4.39 Å². The molecule has 0 heterocycles. The Morgan fingerprint density at radius 1 is 1.20 bits per heavy atom. The smallest absolute Gasteiger partial charge is 0.129 e. The fourth-order valence-corrected chi connectivity index (χ4v) is 1.95. The predicted molar refractivity (Wildman–Crippen MR) is 77.4 cm³/mol. The highest BCUT2D eigenvalue weighted by atomic mass is 35.5. The molecular weight excluding hydrogens is 279 g/mol. The van der Waals surface area contributed by atoms with E-state index >= 15 is 0 Å². The molecular formula is C15H14ClFN2O. The number of halogens is 2. The molecule has 2 aromatic rings. The van der Waals surface area contributed by atoms with Crippen LogP contribution in [0.25, 0.3) is 0 Å². The van der Waals surface area contributed by atoms with Gasteiger partial charge in [0.1, 0.15) is 11.7 Å². The Hall–Kier alpha value is -1.91. The Morgan fingerprint density at radius 3 is 2.65 bits per heavy atom. The first-order valence-corrected chi connectivity index (χ1v) is 6.39. The van der Waals surface area contributed by atoms with Crippen LogP contribution in [0.5, 0.6) is 0 Å². The Labute approximate surface area is 121 Å². The van der Waals surface area contributed by atoms with Crippen LogP contribution in [-0.4, -0.2) is 5.84 Å². The largest absolute Gasteiger partial charge is 0.384 e. The molecule has 3 N–H and O–H groups in total. The molecule has 0 aliphatic heterocycles. The van der Waals surface area contributed by atoms with Crippen molar-refractivity contribution in [3.8, 4) is 0 Å². The molecule has 0 aliphatic carbocycles. The number of nitrogens with one attached hydrogen (secondary N) is 1. The van der Waals surface area contributed by atoms with Crippen LogP contribution in [0.3, 0.4) is 0 Å². The van der Waals surface area contributed by atoms with Crippen molar-refractivity contribution in [3.63, 3.8) is 0 Å². The van der Waals surface area contributed by atoms with Gasteiger partial charge < -0.3 is 10.5 Å². The van der Waals surface area contributed by atoms with Gasteiger partial charge in [0, 0.05) is 16.1 Å². The van der Waals surface area contributed by atoms with Gasteiger partial charge in [0.25, 0.3) is 0 Å². The van der Waals surface area contributed by atoms with E-state index in [1.165, 1.54) is 6.07 Å². The standard InChI is InChI=1S/C15H14ClFN2O/c16-13-3-1-2-10(6-13)8-20-9-12-5-4-11(15(18)19)7-14(12)17/h1-7H,8-9H2,(H3,18,19). The molecule has 0 aliphatic rings. The van der Waals surface area contributed by atoms with E-state index in [1.54, 1.807) is 24.3 Å². The number of hydrogen-bond donors (Lipinski definition) is 2. The Bertz CT molecular complexity index is 631. The number of ether oxygens (including phenoxy) is 1. The van der Waals surface area contributed by atoms with Crippen molar-refractivity contribution in [2.45, 2.75) is 13.2 Å². The predicted octanol–water partition coefficient (Wildman–Crippen LogP) is 3.48. The second-order valence-electron chi connectivity index (χ2n) is 4.34. The molecule has 2 aromatic carbocycles. The molecule has 0 fully saturated rings. The van der Waals surface area contributed by atoms with Gasteiger partial charge in [-0.05, 0) is 23.8 Å². The molecule has 0 aromatic heterocycles. The van der Waals surface area contributed by atoms with Crippen LogP contribution in [0.4, 0.5) is 4.39 Å². The number of benzene rings is 2. The Balaban J connectivity index is 1.96. The van der Waals surface area contributed by atoms with E-state index in [0.29, 0.717) is 22.8 Å². The van der Waals surface area contributed by atoms with E-state index < -0.39 is 5.82 Å². The molecule has 5 heteroatoms. The van der Waals surface area contributed by atoms with Crippen LogP contribution in [-0.2, 0) is 18.0 Å². The fourth-order valence-electron chi connectivity index (χ4n) is 1.74. The third-order valence-electron chi connectivity index (χ3n) is 2.78. The number of hydrogen-bond acceptors (Lipinski definition) is 2. The Morgan fingerprint density at radius 2 is 2.00 bits per heavy atom. The van der Waals surface area contributed by atoms with Gasteiger partial charge in [-0.15, -0.1) is 0 Å². The zero-order valence-corrected chi connectivity index (χ0v) is 11.5. The molecule has 0 amide bonds. The highest BCUT2D eigenvalue weighted by molar-refractivity contribution is 6.30. The maximum Gasteiger partial charge on any atom is 0.129 e. The molecule has 0 radical (unpaired) electrons. The quantitative estimate of drug-likeness (QED) is 0.655. The lowest BCUT2D eigenvalue weighted by Crippen LogP contribution is -2.11. The van der Waals surface area contributed by atoms with Crippen LogP contribution in [0, 0.1) is 11.2 Å². The summed E-state index contributed by atoms with van der Waals surface area (Å²) in [5.74, 6) is -0.584. The van der Waals surface area contributed by atoms with Gasteiger partial charge in [-0.1, -0.05) is 35.9 Å². The third-order valence-corrected chi connectivity index (χ3v) is 3.01. The highest BCUT2D eigenvalue weighted by Gasteiger charge is 2.05. The maximum absolute atomic E-state index is 13.7. The van der Waals surface area contributed by atoms with E-state index in [2.05, 4.69) is 0 Å².